The van der Waals surface area contributed by atoms with Crippen molar-refractivity contribution in [2.75, 3.05) is 0 Å². The summed E-state index contributed by atoms with van der Waals surface area (Å²) < 4.78 is 14.5. The van der Waals surface area contributed by atoms with Crippen LogP contribution in [0.2, 0.25) is 0 Å². The van der Waals surface area contributed by atoms with Crippen LogP contribution in [0.1, 0.15) is 28.9 Å². The van der Waals surface area contributed by atoms with E-state index in [0.717, 1.165) is 5.56 Å². The van der Waals surface area contributed by atoms with E-state index in [9.17, 15) is 9.18 Å². The van der Waals surface area contributed by atoms with Crippen molar-refractivity contribution in [1.29, 1.82) is 0 Å². The first-order chi connectivity index (χ1) is 11.1. The third-order valence-electron chi connectivity index (χ3n) is 3.47. The number of carbonyl (C=O) groups is 1. The number of aromatic nitrogens is 3. The van der Waals surface area contributed by atoms with Crippen LogP contribution in [0, 0.1) is 5.82 Å². The lowest BCUT2D eigenvalue weighted by molar-refractivity contribution is 0.0939. The molecule has 5 nitrogen and oxygen atoms in total. The zero-order chi connectivity index (χ0) is 16.2. The number of halogens is 1. The van der Waals surface area contributed by atoms with Crippen molar-refractivity contribution >= 4 is 5.91 Å². The van der Waals surface area contributed by atoms with E-state index >= 15 is 0 Å². The van der Waals surface area contributed by atoms with Crippen LogP contribution < -0.4 is 5.32 Å². The molecule has 1 N–H and O–H groups in total. The highest BCUT2D eigenvalue weighted by molar-refractivity contribution is 5.94. The SMILES string of the molecule is CC(NC(=O)c1ccc(-n2cccn2)nc1)c1ccc(F)cc1. The molecule has 0 bridgehead atoms. The summed E-state index contributed by atoms with van der Waals surface area (Å²) in [4.78, 5) is 16.5. The first-order valence-corrected chi connectivity index (χ1v) is 7.16. The smallest absolute Gasteiger partial charge is 0.253 e. The molecule has 116 valence electrons. The fourth-order valence-corrected chi connectivity index (χ4v) is 2.17. The van der Waals surface area contributed by atoms with E-state index in [0.29, 0.717) is 11.4 Å². The van der Waals surface area contributed by atoms with Crippen molar-refractivity contribution in [2.24, 2.45) is 0 Å². The first kappa shape index (κ1) is 14.9. The maximum atomic E-state index is 12.9. The van der Waals surface area contributed by atoms with E-state index in [4.69, 9.17) is 0 Å². The van der Waals surface area contributed by atoms with Gasteiger partial charge in [0.2, 0.25) is 0 Å². The average Bonchev–Trinajstić information content (AvgIpc) is 3.10. The quantitative estimate of drug-likeness (QED) is 0.806. The molecule has 0 aliphatic heterocycles. The van der Waals surface area contributed by atoms with Gasteiger partial charge in [0.05, 0.1) is 11.6 Å². The maximum Gasteiger partial charge on any atom is 0.253 e. The van der Waals surface area contributed by atoms with Crippen molar-refractivity contribution in [3.05, 3.63) is 78.0 Å². The van der Waals surface area contributed by atoms with E-state index in [1.807, 2.05) is 6.92 Å². The molecule has 1 amide bonds. The second-order valence-electron chi connectivity index (χ2n) is 5.10. The highest BCUT2D eigenvalue weighted by atomic mass is 19.1. The average molecular weight is 310 g/mol. The lowest BCUT2D eigenvalue weighted by Gasteiger charge is -2.14. The molecule has 3 rings (SSSR count). The van der Waals surface area contributed by atoms with E-state index in [2.05, 4.69) is 15.4 Å². The van der Waals surface area contributed by atoms with Crippen molar-refractivity contribution < 1.29 is 9.18 Å². The molecule has 2 aromatic heterocycles. The number of nitrogens with one attached hydrogen (secondary N) is 1. The number of carbonyl (C=O) groups excluding carboxylic acids is 1. The minimum atomic E-state index is -0.300. The highest BCUT2D eigenvalue weighted by Crippen LogP contribution is 2.14. The number of pyridine rings is 1. The summed E-state index contributed by atoms with van der Waals surface area (Å²) in [5.74, 6) is 0.102. The van der Waals surface area contributed by atoms with Gasteiger partial charge in [-0.15, -0.1) is 0 Å². The highest BCUT2D eigenvalue weighted by Gasteiger charge is 2.12. The summed E-state index contributed by atoms with van der Waals surface area (Å²) in [6, 6.07) is 11.0. The second kappa shape index (κ2) is 6.39. The van der Waals surface area contributed by atoms with Crippen LogP contribution in [0.15, 0.2) is 61.1 Å². The van der Waals surface area contributed by atoms with Gasteiger partial charge in [-0.2, -0.15) is 5.10 Å². The lowest BCUT2D eigenvalue weighted by Crippen LogP contribution is -2.26. The molecule has 1 aromatic carbocycles. The van der Waals surface area contributed by atoms with Crippen LogP contribution in [0.5, 0.6) is 0 Å². The molecule has 0 saturated carbocycles. The number of nitrogens with zero attached hydrogens (tertiary/aromatic N) is 3. The van der Waals surface area contributed by atoms with Gasteiger partial charge >= 0.3 is 0 Å². The van der Waals surface area contributed by atoms with Crippen LogP contribution in [-0.2, 0) is 0 Å². The molecule has 0 radical (unpaired) electrons. The summed E-state index contributed by atoms with van der Waals surface area (Å²) in [6.07, 6.45) is 4.94. The Morgan fingerprint density at radius 3 is 2.61 bits per heavy atom. The van der Waals surface area contributed by atoms with Gasteiger partial charge in [0.25, 0.3) is 5.91 Å². The molecule has 0 spiro atoms. The molecule has 1 unspecified atom stereocenters. The summed E-state index contributed by atoms with van der Waals surface area (Å²) in [5, 5.41) is 6.94. The summed E-state index contributed by atoms with van der Waals surface area (Å²) in [6.45, 7) is 1.84. The molecule has 1 atom stereocenters. The Balaban J connectivity index is 1.69. The summed E-state index contributed by atoms with van der Waals surface area (Å²) in [7, 11) is 0. The third kappa shape index (κ3) is 3.42. The Hall–Kier alpha value is -3.02. The van der Waals surface area contributed by atoms with Crippen LogP contribution in [-0.4, -0.2) is 20.7 Å². The number of amides is 1. The Morgan fingerprint density at radius 2 is 2.00 bits per heavy atom. The Morgan fingerprint density at radius 1 is 1.22 bits per heavy atom. The minimum absolute atomic E-state index is 0.228. The minimum Gasteiger partial charge on any atom is -0.345 e. The fraction of sp³-hybridized carbons (Fsp3) is 0.118. The predicted octanol–water partition coefficient (Wildman–Crippen LogP) is 2.90. The third-order valence-corrected chi connectivity index (χ3v) is 3.47. The second-order valence-corrected chi connectivity index (χ2v) is 5.10. The van der Waals surface area contributed by atoms with Gasteiger partial charge < -0.3 is 5.32 Å². The van der Waals surface area contributed by atoms with Gasteiger partial charge in [0.1, 0.15) is 5.82 Å². The van der Waals surface area contributed by atoms with Crippen LogP contribution in [0.25, 0.3) is 5.82 Å². The van der Waals surface area contributed by atoms with E-state index in [-0.39, 0.29) is 17.8 Å². The molecular formula is C17H15FN4O. The van der Waals surface area contributed by atoms with Gasteiger partial charge in [0.15, 0.2) is 5.82 Å². The van der Waals surface area contributed by atoms with Crippen molar-refractivity contribution in [1.82, 2.24) is 20.1 Å². The Bertz CT molecular complexity index is 782. The van der Waals surface area contributed by atoms with Gasteiger partial charge in [-0.3, -0.25) is 4.79 Å². The van der Waals surface area contributed by atoms with Gasteiger partial charge in [-0.05, 0) is 42.8 Å². The number of rotatable bonds is 4. The van der Waals surface area contributed by atoms with Crippen molar-refractivity contribution in [2.45, 2.75) is 13.0 Å². The van der Waals surface area contributed by atoms with E-state index in [1.54, 1.807) is 47.4 Å². The van der Waals surface area contributed by atoms with Crippen molar-refractivity contribution in [3.63, 3.8) is 0 Å². The Kier molecular flexibility index (Phi) is 4.14. The van der Waals surface area contributed by atoms with Crippen LogP contribution in [0.3, 0.4) is 0 Å². The molecule has 23 heavy (non-hydrogen) atoms. The maximum absolute atomic E-state index is 12.9. The monoisotopic (exact) mass is 310 g/mol. The molecule has 0 aliphatic carbocycles. The largest absolute Gasteiger partial charge is 0.345 e. The topological polar surface area (TPSA) is 59.8 Å². The molecule has 6 heteroatoms. The molecular weight excluding hydrogens is 295 g/mol. The van der Waals surface area contributed by atoms with Crippen LogP contribution >= 0.6 is 0 Å². The van der Waals surface area contributed by atoms with Crippen molar-refractivity contribution in [3.8, 4) is 5.82 Å². The predicted molar refractivity (Wildman–Crippen MR) is 83.6 cm³/mol. The van der Waals surface area contributed by atoms with E-state index < -0.39 is 0 Å². The lowest BCUT2D eigenvalue weighted by atomic mass is 10.1. The van der Waals surface area contributed by atoms with Gasteiger partial charge in [-0.25, -0.2) is 14.1 Å². The number of hydrogen-bond acceptors (Lipinski definition) is 3. The molecule has 0 saturated heterocycles. The van der Waals surface area contributed by atoms with Gasteiger partial charge in [0, 0.05) is 18.6 Å². The number of hydrogen-bond donors (Lipinski definition) is 1. The molecule has 0 fully saturated rings. The number of benzene rings is 1. The fourth-order valence-electron chi connectivity index (χ4n) is 2.17. The van der Waals surface area contributed by atoms with E-state index in [1.165, 1.54) is 18.3 Å². The van der Waals surface area contributed by atoms with Gasteiger partial charge in [-0.1, -0.05) is 12.1 Å². The Labute approximate surface area is 132 Å². The zero-order valence-electron chi connectivity index (χ0n) is 12.5. The summed E-state index contributed by atoms with van der Waals surface area (Å²) in [5.41, 5.74) is 1.29. The molecule has 3 aromatic rings. The normalized spacial score (nSPS) is 11.9. The van der Waals surface area contributed by atoms with Crippen LogP contribution in [0.4, 0.5) is 4.39 Å². The standard InChI is InChI=1S/C17H15FN4O/c1-12(13-3-6-15(18)7-4-13)21-17(23)14-5-8-16(19-11-14)22-10-2-9-20-22/h2-12H,1H3,(H,21,23). The summed E-state index contributed by atoms with van der Waals surface area (Å²) >= 11 is 0. The molecule has 2 heterocycles. The first-order valence-electron chi connectivity index (χ1n) is 7.16. The molecule has 0 aliphatic rings. The zero-order valence-corrected chi connectivity index (χ0v) is 12.5.